The monoisotopic (exact) mass is 143 g/mol. The van der Waals surface area contributed by atoms with Crippen LogP contribution in [0.25, 0.3) is 0 Å². The van der Waals surface area contributed by atoms with Crippen molar-refractivity contribution in [3.05, 3.63) is 0 Å². The third-order valence-corrected chi connectivity index (χ3v) is 2.17. The van der Waals surface area contributed by atoms with Gasteiger partial charge in [-0.15, -0.1) is 0 Å². The van der Waals surface area contributed by atoms with E-state index in [4.69, 9.17) is 5.11 Å². The Kier molecular flexibility index (Phi) is 2.32. The molecule has 0 spiro atoms. The largest absolute Gasteiger partial charge is 0.395 e. The molecule has 0 radical (unpaired) electrons. The van der Waals surface area contributed by atoms with Crippen LogP contribution in [0.5, 0.6) is 0 Å². The fourth-order valence-corrected chi connectivity index (χ4v) is 1.62. The molecule has 1 aliphatic rings. The van der Waals surface area contributed by atoms with Crippen molar-refractivity contribution >= 4 is 0 Å². The molecule has 60 valence electrons. The molecular formula is C8H17NO. The molecule has 0 unspecified atom stereocenters. The molecule has 0 aliphatic carbocycles. The van der Waals surface area contributed by atoms with E-state index in [0.717, 1.165) is 6.42 Å². The van der Waals surface area contributed by atoms with Crippen LogP contribution in [0.4, 0.5) is 0 Å². The van der Waals surface area contributed by atoms with E-state index >= 15 is 0 Å². The minimum Gasteiger partial charge on any atom is -0.395 e. The summed E-state index contributed by atoms with van der Waals surface area (Å²) in [6, 6.07) is 0.337. The highest BCUT2D eigenvalue weighted by Gasteiger charge is 2.25. The molecule has 0 saturated carbocycles. The molecule has 0 amide bonds. The highest BCUT2D eigenvalue weighted by atomic mass is 16.3. The first-order chi connectivity index (χ1) is 4.64. The van der Waals surface area contributed by atoms with Crippen LogP contribution in [0.1, 0.15) is 33.1 Å². The lowest BCUT2D eigenvalue weighted by molar-refractivity contribution is 0.166. The lowest BCUT2D eigenvalue weighted by Crippen LogP contribution is -2.50. The molecule has 2 heteroatoms. The third-order valence-electron chi connectivity index (χ3n) is 2.17. The normalized spacial score (nSPS) is 32.1. The third kappa shape index (κ3) is 1.96. The highest BCUT2D eigenvalue weighted by molar-refractivity contribution is 4.86. The van der Waals surface area contributed by atoms with Gasteiger partial charge in [-0.05, 0) is 26.7 Å². The van der Waals surface area contributed by atoms with E-state index in [2.05, 4.69) is 19.2 Å². The number of piperidine rings is 1. The van der Waals surface area contributed by atoms with Crippen molar-refractivity contribution in [2.24, 2.45) is 0 Å². The van der Waals surface area contributed by atoms with Gasteiger partial charge in [0.25, 0.3) is 0 Å². The molecule has 2 N–H and O–H groups in total. The lowest BCUT2D eigenvalue weighted by atomic mass is 9.89. The van der Waals surface area contributed by atoms with Crippen molar-refractivity contribution in [2.75, 3.05) is 6.61 Å². The van der Waals surface area contributed by atoms with Crippen LogP contribution in [0, 0.1) is 0 Å². The minimum atomic E-state index is 0.242. The Morgan fingerprint density at radius 3 is 2.70 bits per heavy atom. The minimum absolute atomic E-state index is 0.242. The molecule has 1 heterocycles. The Morgan fingerprint density at radius 1 is 1.60 bits per heavy atom. The maximum Gasteiger partial charge on any atom is 0.0584 e. The van der Waals surface area contributed by atoms with E-state index in [1.165, 1.54) is 12.8 Å². The molecule has 1 fully saturated rings. The maximum atomic E-state index is 8.86. The van der Waals surface area contributed by atoms with Gasteiger partial charge < -0.3 is 10.4 Å². The molecule has 2 nitrogen and oxygen atoms in total. The van der Waals surface area contributed by atoms with E-state index in [1.54, 1.807) is 0 Å². The SMILES string of the molecule is CC1(C)CCC[C@@H](CO)N1. The topological polar surface area (TPSA) is 32.3 Å². The second-order valence-corrected chi connectivity index (χ2v) is 3.80. The molecule has 1 saturated heterocycles. The summed E-state index contributed by atoms with van der Waals surface area (Å²) in [6.45, 7) is 4.66. The summed E-state index contributed by atoms with van der Waals surface area (Å²) >= 11 is 0. The fourth-order valence-electron chi connectivity index (χ4n) is 1.62. The van der Waals surface area contributed by atoms with Crippen LogP contribution in [0.3, 0.4) is 0 Å². The number of hydrogen-bond acceptors (Lipinski definition) is 2. The van der Waals surface area contributed by atoms with Gasteiger partial charge >= 0.3 is 0 Å². The quantitative estimate of drug-likeness (QED) is 0.571. The van der Waals surface area contributed by atoms with Crippen LogP contribution in [0.15, 0.2) is 0 Å². The van der Waals surface area contributed by atoms with Crippen molar-refractivity contribution in [3.63, 3.8) is 0 Å². The van der Waals surface area contributed by atoms with Crippen LogP contribution in [-0.4, -0.2) is 23.3 Å². The zero-order chi connectivity index (χ0) is 7.61. The number of aliphatic hydroxyl groups excluding tert-OH is 1. The predicted octanol–water partition coefficient (Wildman–Crippen LogP) is 0.899. The van der Waals surface area contributed by atoms with Crippen LogP contribution >= 0.6 is 0 Å². The summed E-state index contributed by atoms with van der Waals surface area (Å²) in [6.07, 6.45) is 3.59. The van der Waals surface area contributed by atoms with Crippen molar-refractivity contribution in [2.45, 2.75) is 44.7 Å². The molecule has 10 heavy (non-hydrogen) atoms. The average Bonchev–Trinajstić information content (AvgIpc) is 1.86. The van der Waals surface area contributed by atoms with Crippen LogP contribution in [-0.2, 0) is 0 Å². The van der Waals surface area contributed by atoms with Gasteiger partial charge in [0.15, 0.2) is 0 Å². The van der Waals surface area contributed by atoms with Gasteiger partial charge in [0.2, 0.25) is 0 Å². The van der Waals surface area contributed by atoms with Gasteiger partial charge in [0, 0.05) is 11.6 Å². The van der Waals surface area contributed by atoms with Gasteiger partial charge in [0.05, 0.1) is 6.61 Å². The van der Waals surface area contributed by atoms with E-state index in [1.807, 2.05) is 0 Å². The summed E-state index contributed by atoms with van der Waals surface area (Å²) in [5.41, 5.74) is 0.242. The molecule has 0 bridgehead atoms. The van der Waals surface area contributed by atoms with Crippen molar-refractivity contribution in [1.29, 1.82) is 0 Å². The summed E-state index contributed by atoms with van der Waals surface area (Å²) in [4.78, 5) is 0. The van der Waals surface area contributed by atoms with Gasteiger partial charge in [-0.3, -0.25) is 0 Å². The maximum absolute atomic E-state index is 8.86. The van der Waals surface area contributed by atoms with Crippen molar-refractivity contribution < 1.29 is 5.11 Å². The van der Waals surface area contributed by atoms with Crippen molar-refractivity contribution in [1.82, 2.24) is 5.32 Å². The number of aliphatic hydroxyl groups is 1. The second kappa shape index (κ2) is 2.89. The Bertz CT molecular complexity index is 112. The molecule has 0 aromatic heterocycles. The number of hydrogen-bond donors (Lipinski definition) is 2. The zero-order valence-corrected chi connectivity index (χ0v) is 6.85. The smallest absolute Gasteiger partial charge is 0.0584 e. The average molecular weight is 143 g/mol. The Labute approximate surface area is 62.6 Å². The Morgan fingerprint density at radius 2 is 2.30 bits per heavy atom. The highest BCUT2D eigenvalue weighted by Crippen LogP contribution is 2.20. The molecule has 1 rings (SSSR count). The standard InChI is InChI=1S/C8H17NO/c1-8(2)5-3-4-7(6-10)9-8/h7,9-10H,3-6H2,1-2H3/t7-/m0/s1. The number of nitrogens with one attached hydrogen (secondary N) is 1. The zero-order valence-electron chi connectivity index (χ0n) is 6.85. The van der Waals surface area contributed by atoms with E-state index < -0.39 is 0 Å². The molecule has 1 aliphatic heterocycles. The Hall–Kier alpha value is -0.0800. The molecule has 1 atom stereocenters. The van der Waals surface area contributed by atoms with Crippen molar-refractivity contribution in [3.8, 4) is 0 Å². The first kappa shape index (κ1) is 8.02. The van der Waals surface area contributed by atoms with E-state index in [-0.39, 0.29) is 12.1 Å². The van der Waals surface area contributed by atoms with Gasteiger partial charge in [-0.2, -0.15) is 0 Å². The summed E-state index contributed by atoms with van der Waals surface area (Å²) in [5, 5.41) is 12.3. The van der Waals surface area contributed by atoms with Crippen LogP contribution in [0.2, 0.25) is 0 Å². The molecule has 0 aromatic carbocycles. The first-order valence-electron chi connectivity index (χ1n) is 4.02. The second-order valence-electron chi connectivity index (χ2n) is 3.80. The van der Waals surface area contributed by atoms with E-state index in [9.17, 15) is 0 Å². The number of rotatable bonds is 1. The summed E-state index contributed by atoms with van der Waals surface area (Å²) < 4.78 is 0. The summed E-state index contributed by atoms with van der Waals surface area (Å²) in [7, 11) is 0. The van der Waals surface area contributed by atoms with Gasteiger partial charge in [0.1, 0.15) is 0 Å². The predicted molar refractivity (Wildman–Crippen MR) is 41.9 cm³/mol. The lowest BCUT2D eigenvalue weighted by Gasteiger charge is -2.36. The Balaban J connectivity index is 2.40. The first-order valence-corrected chi connectivity index (χ1v) is 4.02. The molecule has 0 aromatic rings. The summed E-state index contributed by atoms with van der Waals surface area (Å²) in [5.74, 6) is 0. The fraction of sp³-hybridized carbons (Fsp3) is 1.00. The van der Waals surface area contributed by atoms with Crippen LogP contribution < -0.4 is 5.32 Å². The van der Waals surface area contributed by atoms with Gasteiger partial charge in [-0.1, -0.05) is 6.42 Å². The van der Waals surface area contributed by atoms with Gasteiger partial charge in [-0.25, -0.2) is 0 Å². The molecular weight excluding hydrogens is 126 g/mol. The van der Waals surface area contributed by atoms with E-state index in [0.29, 0.717) is 6.04 Å².